The van der Waals surface area contributed by atoms with Crippen molar-refractivity contribution >= 4 is 19.9 Å². The van der Waals surface area contributed by atoms with Crippen molar-refractivity contribution < 1.29 is 14.6 Å². The Labute approximate surface area is 146 Å². The molecular weight excluding hydrogens is 318 g/mol. The molecule has 0 atom stereocenters. The van der Waals surface area contributed by atoms with Gasteiger partial charge < -0.3 is 9.84 Å². The SMILES string of the molecule is COc1cc(C#C[Si](C(C)C)(C(C)C)C(C)C)cc(NC(=O)O)c1. The van der Waals surface area contributed by atoms with Gasteiger partial charge in [0.25, 0.3) is 0 Å². The number of benzene rings is 1. The van der Waals surface area contributed by atoms with Crippen molar-refractivity contribution in [2.75, 3.05) is 12.4 Å². The van der Waals surface area contributed by atoms with E-state index in [1.807, 2.05) is 6.07 Å². The second-order valence-corrected chi connectivity index (χ2v) is 12.6. The van der Waals surface area contributed by atoms with E-state index in [1.165, 1.54) is 0 Å². The lowest BCUT2D eigenvalue weighted by atomic mass is 10.2. The van der Waals surface area contributed by atoms with Gasteiger partial charge in [-0.15, -0.1) is 5.54 Å². The zero-order chi connectivity index (χ0) is 18.5. The van der Waals surface area contributed by atoms with E-state index in [2.05, 4.69) is 58.3 Å². The summed E-state index contributed by atoms with van der Waals surface area (Å²) >= 11 is 0. The Kier molecular flexibility index (Phi) is 6.91. The third-order valence-electron chi connectivity index (χ3n) is 4.68. The number of anilines is 1. The van der Waals surface area contributed by atoms with Gasteiger partial charge in [-0.3, -0.25) is 5.32 Å². The molecule has 0 heterocycles. The first-order chi connectivity index (χ1) is 11.1. The maximum Gasteiger partial charge on any atom is 0.409 e. The zero-order valence-corrected chi connectivity index (χ0v) is 16.7. The summed E-state index contributed by atoms with van der Waals surface area (Å²) in [5.74, 6) is 3.91. The first-order valence-electron chi connectivity index (χ1n) is 8.35. The van der Waals surface area contributed by atoms with Crippen LogP contribution in [0.5, 0.6) is 5.75 Å². The fourth-order valence-electron chi connectivity index (χ4n) is 3.60. The molecular formula is C19H29NO3Si. The Bertz CT molecular complexity index is 620. The lowest BCUT2D eigenvalue weighted by Gasteiger charge is -2.38. The van der Waals surface area contributed by atoms with Gasteiger partial charge in [0.15, 0.2) is 0 Å². The van der Waals surface area contributed by atoms with Gasteiger partial charge in [-0.2, -0.15) is 0 Å². The zero-order valence-electron chi connectivity index (χ0n) is 15.7. The Hall–Kier alpha value is -1.93. The highest BCUT2D eigenvalue weighted by atomic mass is 28.3. The van der Waals surface area contributed by atoms with E-state index in [0.29, 0.717) is 28.1 Å². The van der Waals surface area contributed by atoms with Crippen LogP contribution in [-0.2, 0) is 0 Å². The lowest BCUT2D eigenvalue weighted by Crippen LogP contribution is -2.43. The second kappa shape index (κ2) is 8.25. The topological polar surface area (TPSA) is 58.6 Å². The lowest BCUT2D eigenvalue weighted by molar-refractivity contribution is 0.209. The molecule has 0 saturated carbocycles. The summed E-state index contributed by atoms with van der Waals surface area (Å²) in [7, 11) is -0.264. The van der Waals surface area contributed by atoms with Crippen LogP contribution in [0.25, 0.3) is 0 Å². The van der Waals surface area contributed by atoms with Crippen molar-refractivity contribution in [2.24, 2.45) is 0 Å². The summed E-state index contributed by atoms with van der Waals surface area (Å²) in [6.45, 7) is 13.6. The average molecular weight is 348 g/mol. The third kappa shape index (κ3) is 4.54. The van der Waals surface area contributed by atoms with Crippen LogP contribution < -0.4 is 10.1 Å². The van der Waals surface area contributed by atoms with Gasteiger partial charge in [-0.05, 0) is 28.8 Å². The monoisotopic (exact) mass is 347 g/mol. The second-order valence-electron chi connectivity index (χ2n) is 7.03. The first-order valence-corrected chi connectivity index (χ1v) is 10.6. The van der Waals surface area contributed by atoms with E-state index in [4.69, 9.17) is 9.84 Å². The quantitative estimate of drug-likeness (QED) is 0.557. The standard InChI is InChI=1S/C19H29NO3Si/c1-13(2)24(14(3)4,15(5)6)9-8-16-10-17(20-19(21)22)12-18(11-16)23-7/h10-15,20H,1-7H3,(H,21,22). The molecule has 0 unspecified atom stereocenters. The highest BCUT2D eigenvalue weighted by molar-refractivity contribution is 6.90. The van der Waals surface area contributed by atoms with Crippen molar-refractivity contribution in [2.45, 2.75) is 58.2 Å². The molecule has 1 amide bonds. The summed E-state index contributed by atoms with van der Waals surface area (Å²) in [5, 5.41) is 11.3. The molecule has 5 heteroatoms. The Morgan fingerprint density at radius 1 is 1.08 bits per heavy atom. The van der Waals surface area contributed by atoms with Crippen LogP contribution in [0.15, 0.2) is 18.2 Å². The Morgan fingerprint density at radius 3 is 2.04 bits per heavy atom. The van der Waals surface area contributed by atoms with Crippen LogP contribution in [0.4, 0.5) is 10.5 Å². The van der Waals surface area contributed by atoms with E-state index in [1.54, 1.807) is 19.2 Å². The number of nitrogens with one attached hydrogen (secondary N) is 1. The van der Waals surface area contributed by atoms with Crippen LogP contribution in [0.2, 0.25) is 16.6 Å². The van der Waals surface area contributed by atoms with Crippen LogP contribution in [-0.4, -0.2) is 26.4 Å². The molecule has 0 bridgehead atoms. The van der Waals surface area contributed by atoms with Crippen molar-refractivity contribution in [1.82, 2.24) is 0 Å². The smallest absolute Gasteiger partial charge is 0.409 e. The third-order valence-corrected chi connectivity index (χ3v) is 11.0. The van der Waals surface area contributed by atoms with Crippen LogP contribution in [0.1, 0.15) is 47.1 Å². The predicted octanol–water partition coefficient (Wildman–Crippen LogP) is 5.35. The molecule has 0 aliphatic rings. The molecule has 0 radical (unpaired) electrons. The molecule has 2 N–H and O–H groups in total. The molecule has 0 fully saturated rings. The van der Waals surface area contributed by atoms with E-state index in [-0.39, 0.29) is 0 Å². The molecule has 0 aliphatic heterocycles. The molecule has 0 aromatic heterocycles. The highest BCUT2D eigenvalue weighted by Crippen LogP contribution is 2.40. The van der Waals surface area contributed by atoms with Crippen molar-refractivity contribution in [3.05, 3.63) is 23.8 Å². The molecule has 0 saturated heterocycles. The number of carbonyl (C=O) groups is 1. The largest absolute Gasteiger partial charge is 0.497 e. The Balaban J connectivity index is 3.37. The first kappa shape index (κ1) is 20.1. The van der Waals surface area contributed by atoms with Gasteiger partial charge >= 0.3 is 6.09 Å². The fraction of sp³-hybridized carbons (Fsp3) is 0.526. The molecule has 4 nitrogen and oxygen atoms in total. The predicted molar refractivity (Wildman–Crippen MR) is 103 cm³/mol. The maximum atomic E-state index is 10.9. The Morgan fingerprint density at radius 2 is 1.62 bits per heavy atom. The summed E-state index contributed by atoms with van der Waals surface area (Å²) in [6, 6.07) is 5.25. The minimum atomic E-state index is -1.83. The number of amides is 1. The van der Waals surface area contributed by atoms with Gasteiger partial charge in [-0.25, -0.2) is 4.79 Å². The molecule has 0 spiro atoms. The van der Waals surface area contributed by atoms with Crippen LogP contribution in [0, 0.1) is 11.5 Å². The summed E-state index contributed by atoms with van der Waals surface area (Å²) in [4.78, 5) is 10.9. The van der Waals surface area contributed by atoms with Crippen molar-refractivity contribution in [3.63, 3.8) is 0 Å². The number of hydrogen-bond donors (Lipinski definition) is 2. The van der Waals surface area contributed by atoms with Gasteiger partial charge in [0.2, 0.25) is 0 Å². The summed E-state index contributed by atoms with van der Waals surface area (Å²) < 4.78 is 5.26. The van der Waals surface area contributed by atoms with Gasteiger partial charge in [0.1, 0.15) is 13.8 Å². The number of rotatable bonds is 5. The number of hydrogen-bond acceptors (Lipinski definition) is 2. The fourth-order valence-corrected chi connectivity index (χ4v) is 8.83. The number of methoxy groups -OCH3 is 1. The molecule has 1 rings (SSSR count). The minimum Gasteiger partial charge on any atom is -0.497 e. The average Bonchev–Trinajstić information content (AvgIpc) is 2.45. The minimum absolute atomic E-state index is 0.469. The van der Waals surface area contributed by atoms with E-state index >= 15 is 0 Å². The van der Waals surface area contributed by atoms with Crippen molar-refractivity contribution in [1.29, 1.82) is 0 Å². The van der Waals surface area contributed by atoms with Gasteiger partial charge in [0.05, 0.1) is 7.11 Å². The van der Waals surface area contributed by atoms with E-state index in [9.17, 15) is 4.79 Å². The van der Waals surface area contributed by atoms with E-state index in [0.717, 1.165) is 5.56 Å². The van der Waals surface area contributed by atoms with E-state index < -0.39 is 14.2 Å². The maximum absolute atomic E-state index is 10.9. The van der Waals surface area contributed by atoms with Gasteiger partial charge in [-0.1, -0.05) is 47.5 Å². The van der Waals surface area contributed by atoms with Crippen LogP contribution >= 0.6 is 0 Å². The van der Waals surface area contributed by atoms with Crippen molar-refractivity contribution in [3.8, 4) is 17.2 Å². The summed E-state index contributed by atoms with van der Waals surface area (Å²) in [5.41, 5.74) is 6.53. The van der Waals surface area contributed by atoms with Crippen LogP contribution in [0.3, 0.4) is 0 Å². The molecule has 132 valence electrons. The molecule has 24 heavy (non-hydrogen) atoms. The normalized spacial score (nSPS) is 11.4. The molecule has 1 aromatic rings. The molecule has 1 aromatic carbocycles. The number of carboxylic acid groups (broad SMARTS) is 1. The highest BCUT2D eigenvalue weighted by Gasteiger charge is 2.41. The molecule has 0 aliphatic carbocycles. The number of ether oxygens (including phenoxy) is 1. The summed E-state index contributed by atoms with van der Waals surface area (Å²) in [6.07, 6.45) is -1.10. The van der Waals surface area contributed by atoms with Gasteiger partial charge in [0, 0.05) is 17.3 Å².